The molecule has 2 fully saturated rings. The monoisotopic (exact) mass is 499 g/mol. The van der Waals surface area contributed by atoms with Crippen LogP contribution in [0.1, 0.15) is 52.1 Å². The molecule has 0 amide bonds. The number of aromatic nitrogens is 2. The topological polar surface area (TPSA) is 80.2 Å². The minimum absolute atomic E-state index is 0.180. The molecular weight excluding hydrogens is 466 g/mol. The maximum absolute atomic E-state index is 10.8. The number of carbonyl (C=O) groups is 1. The van der Waals surface area contributed by atoms with Gasteiger partial charge < -0.3 is 14.4 Å². The summed E-state index contributed by atoms with van der Waals surface area (Å²) in [7, 11) is 0. The number of hydrogen-bond acceptors (Lipinski definition) is 8. The Morgan fingerprint density at radius 3 is 2.60 bits per heavy atom. The van der Waals surface area contributed by atoms with E-state index in [-0.39, 0.29) is 11.3 Å². The van der Waals surface area contributed by atoms with E-state index in [2.05, 4.69) is 43.4 Å². The molecule has 1 aromatic heterocycles. The van der Waals surface area contributed by atoms with Crippen molar-refractivity contribution in [1.29, 1.82) is 0 Å². The predicted octanol–water partition coefficient (Wildman–Crippen LogP) is 3.49. The van der Waals surface area contributed by atoms with Gasteiger partial charge in [0.25, 0.3) is 0 Å². The standard InChI is InChI=1S/C26H34ClN5O3/c1-4-5-9-23-24(25(30-26(27)29-23)32-14-17-34-18-15-32)28-20(2)19-31-12-10-22(11-13-31)8-6-7-16-35-21(3)33/h22H,4,7,10-19H2,1-3H3. The number of aliphatic imine (C=N–C) groups is 1. The summed E-state index contributed by atoms with van der Waals surface area (Å²) < 4.78 is 10.4. The summed E-state index contributed by atoms with van der Waals surface area (Å²) in [6.07, 6.45) is 3.34. The highest BCUT2D eigenvalue weighted by atomic mass is 35.5. The second-order valence-electron chi connectivity index (χ2n) is 8.58. The summed E-state index contributed by atoms with van der Waals surface area (Å²) in [5.74, 6) is 13.5. The fourth-order valence-corrected chi connectivity index (χ4v) is 4.19. The van der Waals surface area contributed by atoms with Gasteiger partial charge in [-0.3, -0.25) is 9.69 Å². The average molecular weight is 500 g/mol. The highest BCUT2D eigenvalue weighted by molar-refractivity contribution is 6.28. The fourth-order valence-electron chi connectivity index (χ4n) is 4.02. The van der Waals surface area contributed by atoms with Crippen molar-refractivity contribution < 1.29 is 14.3 Å². The molecule has 8 nitrogen and oxygen atoms in total. The Morgan fingerprint density at radius 1 is 1.17 bits per heavy atom. The minimum atomic E-state index is -0.260. The van der Waals surface area contributed by atoms with Crippen molar-refractivity contribution in [2.24, 2.45) is 10.9 Å². The highest BCUT2D eigenvalue weighted by Crippen LogP contribution is 2.31. The molecule has 1 aromatic rings. The number of nitrogens with zero attached hydrogens (tertiary/aromatic N) is 5. The lowest BCUT2D eigenvalue weighted by Crippen LogP contribution is -2.37. The Hall–Kier alpha value is -2.65. The third-order valence-electron chi connectivity index (χ3n) is 5.71. The van der Waals surface area contributed by atoms with Crippen LogP contribution in [0.4, 0.5) is 11.5 Å². The van der Waals surface area contributed by atoms with Gasteiger partial charge in [-0.2, -0.15) is 4.98 Å². The van der Waals surface area contributed by atoms with Gasteiger partial charge >= 0.3 is 5.97 Å². The number of hydrogen-bond donors (Lipinski definition) is 0. The van der Waals surface area contributed by atoms with Gasteiger partial charge in [0.15, 0.2) is 5.82 Å². The van der Waals surface area contributed by atoms with E-state index in [9.17, 15) is 4.79 Å². The summed E-state index contributed by atoms with van der Waals surface area (Å²) in [6, 6.07) is 0. The normalized spacial score (nSPS) is 17.3. The molecule has 0 atom stereocenters. The number of anilines is 1. The number of morpholine rings is 1. The van der Waals surface area contributed by atoms with Crippen LogP contribution in [0, 0.1) is 29.6 Å². The maximum atomic E-state index is 10.8. The molecule has 2 aliphatic heterocycles. The third-order valence-corrected chi connectivity index (χ3v) is 5.88. The van der Waals surface area contributed by atoms with Crippen LogP contribution >= 0.6 is 11.6 Å². The van der Waals surface area contributed by atoms with Crippen molar-refractivity contribution in [2.45, 2.75) is 46.5 Å². The second kappa shape index (κ2) is 14.0. The molecule has 0 N–H and O–H groups in total. The number of piperidine rings is 1. The summed E-state index contributed by atoms with van der Waals surface area (Å²) >= 11 is 6.26. The Balaban J connectivity index is 1.67. The van der Waals surface area contributed by atoms with Crippen LogP contribution in [0.15, 0.2) is 4.99 Å². The predicted molar refractivity (Wildman–Crippen MR) is 138 cm³/mol. The smallest absolute Gasteiger partial charge is 0.302 e. The summed E-state index contributed by atoms with van der Waals surface area (Å²) in [5.41, 5.74) is 2.23. The number of ether oxygens (including phenoxy) is 2. The van der Waals surface area contributed by atoms with Crippen LogP contribution in [-0.2, 0) is 14.3 Å². The van der Waals surface area contributed by atoms with E-state index in [0.717, 1.165) is 63.5 Å². The largest absolute Gasteiger partial charge is 0.465 e. The first-order valence-corrected chi connectivity index (χ1v) is 12.6. The first kappa shape index (κ1) is 26.9. The van der Waals surface area contributed by atoms with E-state index < -0.39 is 0 Å². The molecule has 0 aromatic carbocycles. The van der Waals surface area contributed by atoms with Crippen LogP contribution in [0.3, 0.4) is 0 Å². The maximum Gasteiger partial charge on any atom is 0.302 e. The van der Waals surface area contributed by atoms with Crippen molar-refractivity contribution in [1.82, 2.24) is 14.9 Å². The molecule has 0 spiro atoms. The number of likely N-dealkylation sites (tertiary alicyclic amines) is 1. The van der Waals surface area contributed by atoms with E-state index in [4.69, 9.17) is 26.1 Å². The molecule has 0 radical (unpaired) electrons. The molecule has 35 heavy (non-hydrogen) atoms. The number of esters is 1. The van der Waals surface area contributed by atoms with E-state index >= 15 is 0 Å². The van der Waals surface area contributed by atoms with E-state index in [0.29, 0.717) is 43.5 Å². The number of halogens is 1. The van der Waals surface area contributed by atoms with E-state index in [1.807, 2.05) is 13.8 Å². The lowest BCUT2D eigenvalue weighted by molar-refractivity contribution is -0.140. The van der Waals surface area contributed by atoms with Gasteiger partial charge in [-0.15, -0.1) is 0 Å². The quantitative estimate of drug-likeness (QED) is 0.195. The average Bonchev–Trinajstić information content (AvgIpc) is 2.85. The number of rotatable bonds is 6. The zero-order valence-corrected chi connectivity index (χ0v) is 21.7. The van der Waals surface area contributed by atoms with Crippen molar-refractivity contribution in [3.05, 3.63) is 11.0 Å². The molecule has 2 saturated heterocycles. The van der Waals surface area contributed by atoms with Crippen molar-refractivity contribution in [3.63, 3.8) is 0 Å². The van der Waals surface area contributed by atoms with E-state index in [1.54, 1.807) is 0 Å². The van der Waals surface area contributed by atoms with Crippen molar-refractivity contribution in [2.75, 3.05) is 57.4 Å². The zero-order chi connectivity index (χ0) is 25.0. The Morgan fingerprint density at radius 2 is 1.91 bits per heavy atom. The highest BCUT2D eigenvalue weighted by Gasteiger charge is 2.22. The fraction of sp³-hybridized carbons (Fsp3) is 0.615. The molecule has 0 unspecified atom stereocenters. The van der Waals surface area contributed by atoms with Crippen LogP contribution in [0.25, 0.3) is 0 Å². The molecule has 2 aliphatic rings. The van der Waals surface area contributed by atoms with Crippen LogP contribution in [0.5, 0.6) is 0 Å². The van der Waals surface area contributed by atoms with E-state index in [1.165, 1.54) is 6.92 Å². The van der Waals surface area contributed by atoms with Gasteiger partial charge in [0, 0.05) is 51.0 Å². The molecule has 0 saturated carbocycles. The van der Waals surface area contributed by atoms with Crippen LogP contribution < -0.4 is 4.90 Å². The van der Waals surface area contributed by atoms with Crippen LogP contribution in [-0.4, -0.2) is 79.1 Å². The lowest BCUT2D eigenvalue weighted by Gasteiger charge is -2.30. The lowest BCUT2D eigenvalue weighted by atomic mass is 9.97. The molecule has 188 valence electrons. The SMILES string of the molecule is CCC#Cc1nc(Cl)nc(N2CCOCC2)c1N=C(C)CN1CCC(C#CCCOC(C)=O)CC1. The van der Waals surface area contributed by atoms with Gasteiger partial charge in [0.05, 0.1) is 13.2 Å². The molecular formula is C26H34ClN5O3. The third kappa shape index (κ3) is 8.81. The van der Waals surface area contributed by atoms with Crippen molar-refractivity contribution in [3.8, 4) is 23.7 Å². The molecule has 0 aliphatic carbocycles. The van der Waals surface area contributed by atoms with Gasteiger partial charge in [0.1, 0.15) is 18.0 Å². The Labute approximate surface area is 213 Å². The van der Waals surface area contributed by atoms with Gasteiger partial charge in [-0.25, -0.2) is 9.98 Å². The first-order valence-electron chi connectivity index (χ1n) is 12.2. The van der Waals surface area contributed by atoms with Gasteiger partial charge in [-0.1, -0.05) is 24.7 Å². The van der Waals surface area contributed by atoms with Gasteiger partial charge in [0.2, 0.25) is 5.28 Å². The van der Waals surface area contributed by atoms with Crippen molar-refractivity contribution >= 4 is 34.8 Å². The zero-order valence-electron chi connectivity index (χ0n) is 20.9. The summed E-state index contributed by atoms with van der Waals surface area (Å²) in [4.78, 5) is 29.2. The molecule has 3 heterocycles. The summed E-state index contributed by atoms with van der Waals surface area (Å²) in [6.45, 7) is 11.2. The Kier molecular flexibility index (Phi) is 10.8. The molecule has 0 bridgehead atoms. The second-order valence-corrected chi connectivity index (χ2v) is 8.91. The Bertz CT molecular complexity index is 1020. The first-order chi connectivity index (χ1) is 17.0. The molecule has 9 heteroatoms. The molecule has 3 rings (SSSR count). The van der Waals surface area contributed by atoms with Crippen LogP contribution in [0.2, 0.25) is 5.28 Å². The van der Waals surface area contributed by atoms with Gasteiger partial charge in [-0.05, 0) is 50.4 Å². The summed E-state index contributed by atoms with van der Waals surface area (Å²) in [5, 5.41) is 0.180. The number of carbonyl (C=O) groups excluding carboxylic acids is 1. The minimum Gasteiger partial charge on any atom is -0.465 e.